The first-order valence-corrected chi connectivity index (χ1v) is 7.84. The molecule has 1 aliphatic heterocycles. The van der Waals surface area contributed by atoms with Gasteiger partial charge in [0.15, 0.2) is 0 Å². The van der Waals surface area contributed by atoms with Crippen molar-refractivity contribution in [1.29, 1.82) is 0 Å². The zero-order valence-electron chi connectivity index (χ0n) is 10.3. The van der Waals surface area contributed by atoms with Crippen LogP contribution in [0.2, 0.25) is 0 Å². The number of anilines is 1. The van der Waals surface area contributed by atoms with Gasteiger partial charge >= 0.3 is 0 Å². The maximum absolute atomic E-state index is 5.68. The van der Waals surface area contributed by atoms with Gasteiger partial charge in [-0.05, 0) is 24.6 Å². The first-order chi connectivity index (χ1) is 8.13. The molecule has 4 heteroatoms. The lowest BCUT2D eigenvalue weighted by atomic mass is 10.1. The maximum atomic E-state index is 5.68. The number of halogens is 1. The predicted octanol–water partition coefficient (Wildman–Crippen LogP) is 3.24. The maximum Gasteiger partial charge on any atom is 0.0380 e. The number of thioether (sulfide) groups is 1. The van der Waals surface area contributed by atoms with E-state index in [1.54, 1.807) is 0 Å². The van der Waals surface area contributed by atoms with E-state index in [0.717, 1.165) is 11.0 Å². The molecule has 0 bridgehead atoms. The number of nitrogens with zero attached hydrogens (tertiary/aromatic N) is 1. The van der Waals surface area contributed by atoms with Crippen LogP contribution >= 0.6 is 27.7 Å². The summed E-state index contributed by atoms with van der Waals surface area (Å²) in [6, 6.07) is 7.09. The Labute approximate surface area is 116 Å². The topological polar surface area (TPSA) is 29.3 Å². The molecule has 1 saturated heterocycles. The van der Waals surface area contributed by atoms with Crippen molar-refractivity contribution in [2.75, 3.05) is 17.2 Å². The van der Waals surface area contributed by atoms with Crippen molar-refractivity contribution < 1.29 is 0 Å². The van der Waals surface area contributed by atoms with Gasteiger partial charge in [-0.1, -0.05) is 28.9 Å². The molecule has 0 aromatic heterocycles. The van der Waals surface area contributed by atoms with Crippen molar-refractivity contribution in [2.24, 2.45) is 5.73 Å². The largest absolute Gasteiger partial charge is 0.367 e. The minimum Gasteiger partial charge on any atom is -0.367 e. The van der Waals surface area contributed by atoms with E-state index in [2.05, 4.69) is 64.6 Å². The van der Waals surface area contributed by atoms with Gasteiger partial charge in [0.2, 0.25) is 0 Å². The predicted molar refractivity (Wildman–Crippen MR) is 80.8 cm³/mol. The molecule has 2 atom stereocenters. The smallest absolute Gasteiger partial charge is 0.0380 e. The number of benzene rings is 1. The molecule has 2 unspecified atom stereocenters. The molecular weight excluding hydrogens is 296 g/mol. The van der Waals surface area contributed by atoms with Crippen molar-refractivity contribution in [2.45, 2.75) is 31.7 Å². The molecule has 2 N–H and O–H groups in total. The van der Waals surface area contributed by atoms with E-state index in [1.807, 2.05) is 0 Å². The molecule has 1 heterocycles. The quantitative estimate of drug-likeness (QED) is 0.908. The Morgan fingerprint density at radius 3 is 2.88 bits per heavy atom. The molecule has 0 radical (unpaired) electrons. The van der Waals surface area contributed by atoms with Crippen molar-refractivity contribution in [3.63, 3.8) is 0 Å². The highest BCUT2D eigenvalue weighted by atomic mass is 79.9. The Bertz CT molecular complexity index is 397. The third kappa shape index (κ3) is 2.80. The van der Waals surface area contributed by atoms with E-state index >= 15 is 0 Å². The number of hydrogen-bond donors (Lipinski definition) is 1. The van der Waals surface area contributed by atoms with Crippen LogP contribution in [0, 0.1) is 0 Å². The minimum absolute atomic E-state index is 0.586. The van der Waals surface area contributed by atoms with E-state index in [1.165, 1.54) is 17.0 Å². The highest BCUT2D eigenvalue weighted by molar-refractivity contribution is 9.10. The summed E-state index contributed by atoms with van der Waals surface area (Å²) in [5.74, 6) is 1.21. The van der Waals surface area contributed by atoms with E-state index in [4.69, 9.17) is 5.73 Å². The molecule has 0 spiro atoms. The summed E-state index contributed by atoms with van der Waals surface area (Å²) >= 11 is 5.66. The van der Waals surface area contributed by atoms with Crippen molar-refractivity contribution >= 4 is 33.4 Å². The summed E-state index contributed by atoms with van der Waals surface area (Å²) in [4.78, 5) is 2.49. The minimum atomic E-state index is 0.586. The fourth-order valence-corrected chi connectivity index (χ4v) is 3.81. The van der Waals surface area contributed by atoms with Crippen LogP contribution in [-0.4, -0.2) is 23.6 Å². The first-order valence-electron chi connectivity index (χ1n) is 6.00. The third-order valence-electron chi connectivity index (χ3n) is 3.47. The van der Waals surface area contributed by atoms with Gasteiger partial charge in [-0.3, -0.25) is 0 Å². The zero-order chi connectivity index (χ0) is 12.4. The Hall–Kier alpha value is -0.190. The van der Waals surface area contributed by atoms with Gasteiger partial charge in [0, 0.05) is 40.3 Å². The van der Waals surface area contributed by atoms with Gasteiger partial charge in [0.1, 0.15) is 0 Å². The van der Waals surface area contributed by atoms with Crippen molar-refractivity contribution in [1.82, 2.24) is 0 Å². The summed E-state index contributed by atoms with van der Waals surface area (Å²) in [5, 5.41) is 0.691. The van der Waals surface area contributed by atoms with E-state index in [9.17, 15) is 0 Å². The molecule has 2 rings (SSSR count). The fraction of sp³-hybridized carbons (Fsp3) is 0.538. The van der Waals surface area contributed by atoms with Crippen molar-refractivity contribution in [3.8, 4) is 0 Å². The molecule has 1 fully saturated rings. The highest BCUT2D eigenvalue weighted by Crippen LogP contribution is 2.31. The van der Waals surface area contributed by atoms with Crippen molar-refractivity contribution in [3.05, 3.63) is 28.2 Å². The van der Waals surface area contributed by atoms with Crippen LogP contribution in [-0.2, 0) is 6.54 Å². The summed E-state index contributed by atoms with van der Waals surface area (Å²) in [5.41, 5.74) is 8.15. The lowest BCUT2D eigenvalue weighted by Gasteiger charge is -2.39. The van der Waals surface area contributed by atoms with E-state index in [0.29, 0.717) is 17.8 Å². The summed E-state index contributed by atoms with van der Waals surface area (Å²) in [6.45, 7) is 6.33. The molecule has 1 aliphatic rings. The van der Waals surface area contributed by atoms with E-state index < -0.39 is 0 Å². The lowest BCUT2D eigenvalue weighted by molar-refractivity contribution is 0.627. The second kappa shape index (κ2) is 5.63. The average molecular weight is 315 g/mol. The Morgan fingerprint density at radius 2 is 2.24 bits per heavy atom. The number of rotatable bonds is 2. The second-order valence-corrected chi connectivity index (χ2v) is 6.83. The Balaban J connectivity index is 2.24. The standard InChI is InChI=1S/C13H19BrN2S/c1-9-10(2)17-6-5-16(9)12-4-3-11(8-15)13(14)7-12/h3-4,7,9-10H,5-6,8,15H2,1-2H3. The molecule has 2 nitrogen and oxygen atoms in total. The first kappa shape index (κ1) is 13.2. The molecule has 0 saturated carbocycles. The van der Waals surface area contributed by atoms with Crippen LogP contribution in [0.3, 0.4) is 0 Å². The van der Waals surface area contributed by atoms with E-state index in [-0.39, 0.29) is 0 Å². The molecular formula is C13H19BrN2S. The van der Waals surface area contributed by atoms with Crippen LogP contribution in [0.15, 0.2) is 22.7 Å². The molecule has 94 valence electrons. The van der Waals surface area contributed by atoms with Crippen LogP contribution in [0.25, 0.3) is 0 Å². The van der Waals surface area contributed by atoms with Crippen LogP contribution < -0.4 is 10.6 Å². The molecule has 17 heavy (non-hydrogen) atoms. The lowest BCUT2D eigenvalue weighted by Crippen LogP contribution is -2.44. The number of hydrogen-bond acceptors (Lipinski definition) is 3. The Kier molecular flexibility index (Phi) is 4.39. The monoisotopic (exact) mass is 314 g/mol. The van der Waals surface area contributed by atoms with Gasteiger partial charge in [-0.15, -0.1) is 0 Å². The molecule has 0 aliphatic carbocycles. The molecule has 1 aromatic rings. The highest BCUT2D eigenvalue weighted by Gasteiger charge is 2.25. The normalized spacial score (nSPS) is 25.1. The second-order valence-electron chi connectivity index (χ2n) is 4.49. The fourth-order valence-electron chi connectivity index (χ4n) is 2.18. The zero-order valence-corrected chi connectivity index (χ0v) is 12.7. The van der Waals surface area contributed by atoms with Gasteiger partial charge in [-0.25, -0.2) is 0 Å². The Morgan fingerprint density at radius 1 is 1.47 bits per heavy atom. The average Bonchev–Trinajstić information content (AvgIpc) is 2.32. The van der Waals surface area contributed by atoms with Crippen LogP contribution in [0.4, 0.5) is 5.69 Å². The van der Waals surface area contributed by atoms with Gasteiger partial charge in [0.25, 0.3) is 0 Å². The van der Waals surface area contributed by atoms with Crippen LogP contribution in [0.5, 0.6) is 0 Å². The molecule has 0 amide bonds. The SMILES string of the molecule is CC1SCCN(c2ccc(CN)c(Br)c2)C1C. The third-order valence-corrected chi connectivity index (χ3v) is 5.55. The van der Waals surface area contributed by atoms with Crippen LogP contribution in [0.1, 0.15) is 19.4 Å². The van der Waals surface area contributed by atoms with Gasteiger partial charge in [0.05, 0.1) is 0 Å². The number of nitrogens with two attached hydrogens (primary N) is 1. The summed E-state index contributed by atoms with van der Waals surface area (Å²) < 4.78 is 1.12. The molecule has 1 aromatic carbocycles. The van der Waals surface area contributed by atoms with Gasteiger partial charge < -0.3 is 10.6 Å². The summed E-state index contributed by atoms with van der Waals surface area (Å²) in [7, 11) is 0. The van der Waals surface area contributed by atoms with Gasteiger partial charge in [-0.2, -0.15) is 11.8 Å². The summed E-state index contributed by atoms with van der Waals surface area (Å²) in [6.07, 6.45) is 0.